The van der Waals surface area contributed by atoms with Gasteiger partial charge in [0.25, 0.3) is 0 Å². The number of hydrogen-bond acceptors (Lipinski definition) is 4. The topological polar surface area (TPSA) is 43.7 Å². The van der Waals surface area contributed by atoms with Gasteiger partial charge in [0.05, 0.1) is 31.6 Å². The van der Waals surface area contributed by atoms with Gasteiger partial charge in [0, 0.05) is 36.7 Å². The SMILES string of the molecule is CCO/C=C(/C(=O)OC)[C@H]1C[C@@H]2c3c(c4ccccc4n3C)CCN2C[C@@H]1CC. The fraction of sp³-hybridized carbons (Fsp3) is 0.542. The van der Waals surface area contributed by atoms with E-state index in [1.807, 2.05) is 6.92 Å². The highest BCUT2D eigenvalue weighted by Crippen LogP contribution is 2.46. The van der Waals surface area contributed by atoms with Crippen LogP contribution in [0.5, 0.6) is 0 Å². The predicted octanol–water partition coefficient (Wildman–Crippen LogP) is 4.22. The molecular weight excluding hydrogens is 364 g/mol. The average Bonchev–Trinajstić information content (AvgIpc) is 3.05. The molecule has 1 fully saturated rings. The molecule has 0 bridgehead atoms. The largest absolute Gasteiger partial charge is 0.501 e. The number of rotatable bonds is 5. The van der Waals surface area contributed by atoms with Crippen molar-refractivity contribution in [2.75, 3.05) is 26.8 Å². The van der Waals surface area contributed by atoms with E-state index in [0.717, 1.165) is 32.4 Å². The minimum absolute atomic E-state index is 0.143. The van der Waals surface area contributed by atoms with Crippen molar-refractivity contribution in [1.29, 1.82) is 0 Å². The van der Waals surface area contributed by atoms with Crippen molar-refractivity contribution >= 4 is 16.9 Å². The lowest BCUT2D eigenvalue weighted by Crippen LogP contribution is -2.47. The Kier molecular flexibility index (Phi) is 5.68. The fourth-order valence-corrected chi connectivity index (χ4v) is 5.48. The molecule has 29 heavy (non-hydrogen) atoms. The first-order valence-electron chi connectivity index (χ1n) is 10.8. The number of fused-ring (bicyclic) bond motifs is 5. The summed E-state index contributed by atoms with van der Waals surface area (Å²) >= 11 is 0. The first-order chi connectivity index (χ1) is 14.1. The van der Waals surface area contributed by atoms with Crippen LogP contribution >= 0.6 is 0 Å². The monoisotopic (exact) mass is 396 g/mol. The van der Waals surface area contributed by atoms with E-state index in [1.165, 1.54) is 29.3 Å². The second-order valence-electron chi connectivity index (χ2n) is 8.23. The van der Waals surface area contributed by atoms with Gasteiger partial charge >= 0.3 is 5.97 Å². The van der Waals surface area contributed by atoms with Crippen LogP contribution in [0.25, 0.3) is 10.9 Å². The molecule has 4 rings (SSSR count). The molecule has 3 heterocycles. The molecule has 0 saturated carbocycles. The third kappa shape index (κ3) is 3.35. The minimum atomic E-state index is -0.261. The van der Waals surface area contributed by atoms with Crippen LogP contribution in [0.1, 0.15) is 44.0 Å². The first kappa shape index (κ1) is 20.0. The summed E-state index contributed by atoms with van der Waals surface area (Å²) in [5, 5.41) is 1.37. The molecule has 0 N–H and O–H groups in total. The zero-order chi connectivity index (χ0) is 20.5. The number of methoxy groups -OCH3 is 1. The Morgan fingerprint density at radius 2 is 2.07 bits per heavy atom. The molecule has 2 aliphatic heterocycles. The molecule has 1 aromatic carbocycles. The summed E-state index contributed by atoms with van der Waals surface area (Å²) in [6.45, 7) is 6.80. The Morgan fingerprint density at radius 3 is 2.79 bits per heavy atom. The van der Waals surface area contributed by atoms with Crippen molar-refractivity contribution in [3.05, 3.63) is 47.4 Å². The maximum atomic E-state index is 12.6. The number of ether oxygens (including phenoxy) is 2. The molecule has 2 aromatic rings. The van der Waals surface area contributed by atoms with Gasteiger partial charge in [-0.3, -0.25) is 4.90 Å². The van der Waals surface area contributed by atoms with Gasteiger partial charge in [0.15, 0.2) is 0 Å². The highest BCUT2D eigenvalue weighted by molar-refractivity contribution is 5.89. The van der Waals surface area contributed by atoms with E-state index in [9.17, 15) is 4.79 Å². The van der Waals surface area contributed by atoms with Gasteiger partial charge in [-0.1, -0.05) is 31.5 Å². The third-order valence-electron chi connectivity index (χ3n) is 6.90. The molecule has 156 valence electrons. The summed E-state index contributed by atoms with van der Waals surface area (Å²) in [6.07, 6.45) is 4.70. The molecule has 1 saturated heterocycles. The van der Waals surface area contributed by atoms with Gasteiger partial charge in [-0.25, -0.2) is 4.79 Å². The van der Waals surface area contributed by atoms with Crippen molar-refractivity contribution < 1.29 is 14.3 Å². The van der Waals surface area contributed by atoms with Crippen LogP contribution in [-0.2, 0) is 27.7 Å². The summed E-state index contributed by atoms with van der Waals surface area (Å²) in [4.78, 5) is 15.2. The second-order valence-corrected chi connectivity index (χ2v) is 8.23. The van der Waals surface area contributed by atoms with Crippen LogP contribution in [0.2, 0.25) is 0 Å². The van der Waals surface area contributed by atoms with Crippen LogP contribution in [0.15, 0.2) is 36.1 Å². The van der Waals surface area contributed by atoms with Gasteiger partial charge in [0.1, 0.15) is 0 Å². The molecule has 3 atom stereocenters. The standard InChI is InChI=1S/C24H32N2O3/c1-5-16-14-26-12-11-18-17-9-7-8-10-21(17)25(3)23(18)22(26)13-19(16)20(15-29-6-2)24(27)28-4/h7-10,15-16,19,22H,5-6,11-14H2,1-4H3/b20-15+/t16-,19-,22+/m0/s1. The maximum Gasteiger partial charge on any atom is 0.337 e. The van der Waals surface area contributed by atoms with E-state index < -0.39 is 0 Å². The lowest BCUT2D eigenvalue weighted by molar-refractivity contribution is -0.137. The van der Waals surface area contributed by atoms with E-state index in [2.05, 4.69) is 47.7 Å². The number of piperidine rings is 1. The molecule has 0 unspecified atom stereocenters. The van der Waals surface area contributed by atoms with E-state index >= 15 is 0 Å². The van der Waals surface area contributed by atoms with E-state index in [1.54, 1.807) is 6.26 Å². The molecule has 5 nitrogen and oxygen atoms in total. The molecule has 0 amide bonds. The zero-order valence-electron chi connectivity index (χ0n) is 18.0. The van der Waals surface area contributed by atoms with Gasteiger partial charge in [-0.15, -0.1) is 0 Å². The molecule has 2 aliphatic rings. The van der Waals surface area contributed by atoms with Crippen LogP contribution in [0, 0.1) is 11.8 Å². The van der Waals surface area contributed by atoms with Gasteiger partial charge in [-0.05, 0) is 43.2 Å². The van der Waals surface area contributed by atoms with E-state index in [4.69, 9.17) is 9.47 Å². The quantitative estimate of drug-likeness (QED) is 0.431. The lowest BCUT2D eigenvalue weighted by atomic mass is 9.74. The summed E-state index contributed by atoms with van der Waals surface area (Å²) in [7, 11) is 3.64. The van der Waals surface area contributed by atoms with E-state index in [0.29, 0.717) is 24.1 Å². The van der Waals surface area contributed by atoms with Crippen molar-refractivity contribution in [2.24, 2.45) is 18.9 Å². The summed E-state index contributed by atoms with van der Waals surface area (Å²) in [5.41, 5.74) is 4.88. The number of para-hydroxylation sites is 1. The maximum absolute atomic E-state index is 12.6. The predicted molar refractivity (Wildman–Crippen MR) is 115 cm³/mol. The molecule has 0 spiro atoms. The van der Waals surface area contributed by atoms with Crippen molar-refractivity contribution in [3.8, 4) is 0 Å². The Balaban J connectivity index is 1.76. The van der Waals surface area contributed by atoms with E-state index in [-0.39, 0.29) is 11.9 Å². The molecule has 1 aromatic heterocycles. The van der Waals surface area contributed by atoms with Gasteiger partial charge in [0.2, 0.25) is 0 Å². The van der Waals surface area contributed by atoms with Gasteiger partial charge in [-0.2, -0.15) is 0 Å². The minimum Gasteiger partial charge on any atom is -0.501 e. The molecule has 0 radical (unpaired) electrons. The fourth-order valence-electron chi connectivity index (χ4n) is 5.48. The number of aryl methyl sites for hydroxylation is 1. The van der Waals surface area contributed by atoms with Crippen molar-refractivity contribution in [2.45, 2.75) is 39.2 Å². The summed E-state index contributed by atoms with van der Waals surface area (Å²) in [6, 6.07) is 9.02. The van der Waals surface area contributed by atoms with Crippen molar-refractivity contribution in [3.63, 3.8) is 0 Å². The second kappa shape index (κ2) is 8.23. The van der Waals surface area contributed by atoms with Crippen molar-refractivity contribution in [1.82, 2.24) is 9.47 Å². The third-order valence-corrected chi connectivity index (χ3v) is 6.90. The highest BCUT2D eigenvalue weighted by atomic mass is 16.5. The summed E-state index contributed by atoms with van der Waals surface area (Å²) < 4.78 is 13.1. The number of hydrogen-bond donors (Lipinski definition) is 0. The number of esters is 1. The first-order valence-corrected chi connectivity index (χ1v) is 10.8. The smallest absolute Gasteiger partial charge is 0.337 e. The van der Waals surface area contributed by atoms with Crippen LogP contribution in [0.4, 0.5) is 0 Å². The van der Waals surface area contributed by atoms with Gasteiger partial charge < -0.3 is 14.0 Å². The number of benzene rings is 1. The number of nitrogens with zero attached hydrogens (tertiary/aromatic N) is 2. The zero-order valence-corrected chi connectivity index (χ0v) is 18.0. The number of carbonyl (C=O) groups is 1. The average molecular weight is 397 g/mol. The number of aromatic nitrogens is 1. The highest BCUT2D eigenvalue weighted by Gasteiger charge is 2.43. The Hall–Kier alpha value is -2.27. The molecule has 5 heteroatoms. The Labute approximate surface area is 173 Å². The van der Waals surface area contributed by atoms with Crippen LogP contribution in [0.3, 0.4) is 0 Å². The molecule has 0 aliphatic carbocycles. The summed E-state index contributed by atoms with van der Waals surface area (Å²) in [5.74, 6) is 0.306. The lowest BCUT2D eigenvalue weighted by Gasteiger charge is -2.47. The van der Waals surface area contributed by atoms with Crippen LogP contribution < -0.4 is 0 Å². The number of carbonyl (C=O) groups excluding carboxylic acids is 1. The Morgan fingerprint density at radius 1 is 1.28 bits per heavy atom. The molecular formula is C24H32N2O3. The van der Waals surface area contributed by atoms with Crippen LogP contribution in [-0.4, -0.2) is 42.2 Å². The normalized spacial score (nSPS) is 24.8. The Bertz CT molecular complexity index is 930.